The Balaban J connectivity index is 0.000000390. The summed E-state index contributed by atoms with van der Waals surface area (Å²) in [6, 6.07) is 11.1. The molecule has 0 bridgehead atoms. The van der Waals surface area contributed by atoms with Gasteiger partial charge in [0.05, 0.1) is 5.92 Å². The molecule has 0 aliphatic rings. The van der Waals surface area contributed by atoms with Gasteiger partial charge in [0, 0.05) is 9.90 Å². The molecule has 1 heterocycles. The summed E-state index contributed by atoms with van der Waals surface area (Å²) in [7, 11) is 0. The summed E-state index contributed by atoms with van der Waals surface area (Å²) >= 11 is 7.57. The molecule has 0 aliphatic carbocycles. The molecule has 0 fully saturated rings. The third kappa shape index (κ3) is 6.96. The lowest BCUT2D eigenvalue weighted by Gasteiger charge is -2.07. The van der Waals surface area contributed by atoms with E-state index >= 15 is 0 Å². The molecule has 0 radical (unpaired) electrons. The van der Waals surface area contributed by atoms with Crippen molar-refractivity contribution in [1.82, 2.24) is 0 Å². The molecule has 1 atom stereocenters. The predicted octanol–water partition coefficient (Wildman–Crippen LogP) is 4.20. The standard InChI is InChI=1S/C9H9ClO2.C6H9NS.ClH/c1-6(9(11)12)7-4-2-3-5-8(7)10;7-4-3-6-2-1-5-8-6;/h2-6H,1H3,(H,11,12);1-2,5H,3-4,7H2;1H. The summed E-state index contributed by atoms with van der Waals surface area (Å²) in [5.74, 6) is -1.40. The number of hydrogen-bond acceptors (Lipinski definition) is 3. The van der Waals surface area contributed by atoms with E-state index in [1.807, 2.05) is 0 Å². The van der Waals surface area contributed by atoms with Crippen LogP contribution < -0.4 is 5.73 Å². The van der Waals surface area contributed by atoms with Crippen molar-refractivity contribution in [1.29, 1.82) is 0 Å². The average molecular weight is 348 g/mol. The van der Waals surface area contributed by atoms with Gasteiger partial charge >= 0.3 is 5.97 Å². The Labute approximate surface area is 140 Å². The Bertz CT molecular complexity index is 532. The zero-order valence-electron chi connectivity index (χ0n) is 11.7. The highest BCUT2D eigenvalue weighted by Gasteiger charge is 2.15. The van der Waals surface area contributed by atoms with Crippen LogP contribution in [-0.4, -0.2) is 17.6 Å². The second-order valence-electron chi connectivity index (χ2n) is 4.20. The van der Waals surface area contributed by atoms with Crippen LogP contribution in [0.2, 0.25) is 5.02 Å². The number of carboxylic acid groups (broad SMARTS) is 1. The number of halogens is 2. The molecule has 0 saturated carbocycles. The van der Waals surface area contributed by atoms with E-state index in [0.717, 1.165) is 13.0 Å². The zero-order valence-corrected chi connectivity index (χ0v) is 14.0. The minimum atomic E-state index is -0.858. The molecule has 0 amide bonds. The molecule has 116 valence electrons. The number of carbonyl (C=O) groups is 1. The lowest BCUT2D eigenvalue weighted by Crippen LogP contribution is -2.07. The van der Waals surface area contributed by atoms with Crippen LogP contribution in [0.1, 0.15) is 23.3 Å². The van der Waals surface area contributed by atoms with Crippen LogP contribution in [0.5, 0.6) is 0 Å². The van der Waals surface area contributed by atoms with Gasteiger partial charge in [0.25, 0.3) is 0 Å². The molecular weight excluding hydrogens is 329 g/mol. The number of rotatable bonds is 4. The molecule has 6 heteroatoms. The van der Waals surface area contributed by atoms with Crippen molar-refractivity contribution in [3.8, 4) is 0 Å². The summed E-state index contributed by atoms with van der Waals surface area (Å²) < 4.78 is 0. The molecule has 3 nitrogen and oxygen atoms in total. The lowest BCUT2D eigenvalue weighted by atomic mass is 10.0. The summed E-state index contributed by atoms with van der Waals surface area (Å²) in [6.45, 7) is 2.38. The highest BCUT2D eigenvalue weighted by atomic mass is 35.5. The summed E-state index contributed by atoms with van der Waals surface area (Å²) in [6.07, 6.45) is 1.03. The van der Waals surface area contributed by atoms with Crippen molar-refractivity contribution in [3.05, 3.63) is 57.2 Å². The number of nitrogens with two attached hydrogens (primary N) is 1. The van der Waals surface area contributed by atoms with Crippen LogP contribution >= 0.6 is 35.3 Å². The number of hydrogen-bond donors (Lipinski definition) is 2. The maximum absolute atomic E-state index is 10.6. The smallest absolute Gasteiger partial charge is 0.310 e. The van der Waals surface area contributed by atoms with Crippen molar-refractivity contribution in [3.63, 3.8) is 0 Å². The molecule has 1 unspecified atom stereocenters. The first kappa shape index (κ1) is 19.9. The molecule has 2 aromatic rings. The van der Waals surface area contributed by atoms with Crippen molar-refractivity contribution < 1.29 is 9.90 Å². The second kappa shape index (κ2) is 10.6. The lowest BCUT2D eigenvalue weighted by molar-refractivity contribution is -0.138. The molecule has 1 aromatic heterocycles. The van der Waals surface area contributed by atoms with Gasteiger partial charge in [-0.2, -0.15) is 0 Å². The van der Waals surface area contributed by atoms with E-state index < -0.39 is 11.9 Å². The van der Waals surface area contributed by atoms with Gasteiger partial charge in [-0.25, -0.2) is 0 Å². The Hall–Kier alpha value is -1.07. The van der Waals surface area contributed by atoms with Gasteiger partial charge in [-0.05, 0) is 43.0 Å². The molecule has 2 rings (SSSR count). The SMILES string of the molecule is CC(C(=O)O)c1ccccc1Cl.Cl.NCCc1cccs1. The molecule has 0 saturated heterocycles. The first-order chi connectivity index (χ1) is 9.56. The van der Waals surface area contributed by atoms with Crippen molar-refractivity contribution in [2.45, 2.75) is 19.3 Å². The van der Waals surface area contributed by atoms with Crippen LogP contribution in [-0.2, 0) is 11.2 Å². The van der Waals surface area contributed by atoms with Crippen LogP contribution in [0.4, 0.5) is 0 Å². The third-order valence-corrected chi connectivity index (χ3v) is 3.99. The van der Waals surface area contributed by atoms with E-state index in [2.05, 4.69) is 17.5 Å². The van der Waals surface area contributed by atoms with Gasteiger partial charge in [-0.1, -0.05) is 35.9 Å². The van der Waals surface area contributed by atoms with Crippen molar-refractivity contribution >= 4 is 41.3 Å². The van der Waals surface area contributed by atoms with Gasteiger partial charge in [0.1, 0.15) is 0 Å². The Morgan fingerprint density at radius 1 is 1.33 bits per heavy atom. The number of thiophene rings is 1. The van der Waals surface area contributed by atoms with E-state index in [0.29, 0.717) is 10.6 Å². The normalized spacial score (nSPS) is 10.8. The summed E-state index contributed by atoms with van der Waals surface area (Å²) in [5, 5.41) is 11.3. The number of benzene rings is 1. The number of carboxylic acids is 1. The van der Waals surface area contributed by atoms with E-state index in [9.17, 15) is 4.79 Å². The van der Waals surface area contributed by atoms with Gasteiger partial charge < -0.3 is 10.8 Å². The molecule has 1 aromatic carbocycles. The average Bonchev–Trinajstić information content (AvgIpc) is 2.93. The monoisotopic (exact) mass is 347 g/mol. The topological polar surface area (TPSA) is 63.3 Å². The van der Waals surface area contributed by atoms with Gasteiger partial charge in [0.15, 0.2) is 0 Å². The van der Waals surface area contributed by atoms with E-state index in [-0.39, 0.29) is 12.4 Å². The molecule has 3 N–H and O–H groups in total. The van der Waals surface area contributed by atoms with Crippen LogP contribution in [0.3, 0.4) is 0 Å². The van der Waals surface area contributed by atoms with Gasteiger partial charge in [0.2, 0.25) is 0 Å². The number of aliphatic carboxylic acids is 1. The molecule has 0 aliphatic heterocycles. The van der Waals surface area contributed by atoms with E-state index in [1.165, 1.54) is 4.88 Å². The minimum absolute atomic E-state index is 0. The largest absolute Gasteiger partial charge is 0.481 e. The zero-order chi connectivity index (χ0) is 15.0. The fourth-order valence-electron chi connectivity index (χ4n) is 1.56. The van der Waals surface area contributed by atoms with Crippen molar-refractivity contribution in [2.75, 3.05) is 6.54 Å². The maximum Gasteiger partial charge on any atom is 0.310 e. The first-order valence-electron chi connectivity index (χ1n) is 6.26. The van der Waals surface area contributed by atoms with Crippen molar-refractivity contribution in [2.24, 2.45) is 5.73 Å². The molecule has 0 spiro atoms. The Kier molecular flexibility index (Phi) is 10.1. The van der Waals surface area contributed by atoms with E-state index in [4.69, 9.17) is 22.4 Å². The summed E-state index contributed by atoms with van der Waals surface area (Å²) in [4.78, 5) is 12.0. The van der Waals surface area contributed by atoms with Gasteiger partial charge in [-0.3, -0.25) is 4.79 Å². The molecule has 21 heavy (non-hydrogen) atoms. The third-order valence-electron chi connectivity index (χ3n) is 2.71. The van der Waals surface area contributed by atoms with Crippen LogP contribution in [0.15, 0.2) is 41.8 Å². The van der Waals surface area contributed by atoms with Crippen LogP contribution in [0, 0.1) is 0 Å². The molecular formula is C15H19Cl2NO2S. The van der Waals surface area contributed by atoms with Gasteiger partial charge in [-0.15, -0.1) is 23.7 Å². The van der Waals surface area contributed by atoms with Crippen LogP contribution in [0.25, 0.3) is 0 Å². The highest BCUT2D eigenvalue weighted by molar-refractivity contribution is 7.09. The second-order valence-corrected chi connectivity index (χ2v) is 5.64. The highest BCUT2D eigenvalue weighted by Crippen LogP contribution is 2.23. The van der Waals surface area contributed by atoms with E-state index in [1.54, 1.807) is 42.5 Å². The maximum atomic E-state index is 10.6. The fraction of sp³-hybridized carbons (Fsp3) is 0.267. The fourth-order valence-corrected chi connectivity index (χ4v) is 2.58. The Morgan fingerprint density at radius 3 is 2.48 bits per heavy atom. The first-order valence-corrected chi connectivity index (χ1v) is 7.51. The Morgan fingerprint density at radius 2 is 2.00 bits per heavy atom. The summed E-state index contributed by atoms with van der Waals surface area (Å²) in [5.41, 5.74) is 5.99. The predicted molar refractivity (Wildman–Crippen MR) is 91.8 cm³/mol. The quantitative estimate of drug-likeness (QED) is 0.870. The minimum Gasteiger partial charge on any atom is -0.481 e.